The molecule has 0 aliphatic carbocycles. The molecule has 1 atom stereocenters. The lowest BCUT2D eigenvalue weighted by atomic mass is 10.2. The monoisotopic (exact) mass is 213 g/mol. The lowest BCUT2D eigenvalue weighted by Gasteiger charge is -2.21. The van der Waals surface area contributed by atoms with E-state index in [2.05, 4.69) is 18.5 Å². The lowest BCUT2D eigenvalue weighted by Crippen LogP contribution is -2.20. The van der Waals surface area contributed by atoms with Gasteiger partial charge in [-0.1, -0.05) is 13.8 Å². The van der Waals surface area contributed by atoms with Gasteiger partial charge in [-0.05, 0) is 29.0 Å². The number of nitrogens with zero attached hydrogens (tertiary/aromatic N) is 1. The molecule has 1 fully saturated rings. The molecule has 1 aliphatic rings. The van der Waals surface area contributed by atoms with E-state index < -0.39 is 5.77 Å². The van der Waals surface area contributed by atoms with E-state index in [0.29, 0.717) is 12.5 Å². The van der Waals surface area contributed by atoms with E-state index in [1.807, 2.05) is 0 Å². The molecule has 1 unspecified atom stereocenters. The van der Waals surface area contributed by atoms with E-state index in [-0.39, 0.29) is 0 Å². The van der Waals surface area contributed by atoms with Gasteiger partial charge in [0.05, 0.1) is 6.61 Å². The Hall–Kier alpha value is 0.860. The summed E-state index contributed by atoms with van der Waals surface area (Å²) in [5.74, 6) is -1.46. The molecule has 1 aliphatic heterocycles. The first-order chi connectivity index (χ1) is 5.02. The summed E-state index contributed by atoms with van der Waals surface area (Å²) in [4.78, 5) is 0. The number of halogens is 1. The van der Waals surface area contributed by atoms with Crippen LogP contribution in [0.5, 0.6) is 0 Å². The standard InChI is InChI=1S/C6H13ClNOPS/c1-6(2)5-8-3-4-9-10(8,7)11/h6H,3-5H2,1-2H3. The highest BCUT2D eigenvalue weighted by Crippen LogP contribution is 2.59. The molecule has 11 heavy (non-hydrogen) atoms. The molecular weight excluding hydrogens is 201 g/mol. The molecule has 0 bridgehead atoms. The highest BCUT2D eigenvalue weighted by molar-refractivity contribution is 8.23. The minimum Gasteiger partial charge on any atom is -0.325 e. The molecule has 66 valence electrons. The van der Waals surface area contributed by atoms with Gasteiger partial charge in [0.2, 0.25) is 5.77 Å². The Bertz CT molecular complexity index is 187. The summed E-state index contributed by atoms with van der Waals surface area (Å²) < 4.78 is 7.36. The van der Waals surface area contributed by atoms with Crippen LogP contribution in [0.3, 0.4) is 0 Å². The molecule has 1 saturated heterocycles. The smallest absolute Gasteiger partial charge is 0.222 e. The van der Waals surface area contributed by atoms with Crippen molar-refractivity contribution in [3.05, 3.63) is 0 Å². The Morgan fingerprint density at radius 3 is 2.73 bits per heavy atom. The summed E-state index contributed by atoms with van der Waals surface area (Å²) in [7, 11) is 0. The van der Waals surface area contributed by atoms with Crippen molar-refractivity contribution in [1.29, 1.82) is 0 Å². The van der Waals surface area contributed by atoms with Crippen LogP contribution in [0, 0.1) is 5.92 Å². The Balaban J connectivity index is 2.52. The molecule has 0 aromatic carbocycles. The Labute approximate surface area is 77.8 Å². The van der Waals surface area contributed by atoms with Gasteiger partial charge >= 0.3 is 0 Å². The summed E-state index contributed by atoms with van der Waals surface area (Å²) in [5.41, 5.74) is 0. The average Bonchev–Trinajstić information content (AvgIpc) is 2.10. The van der Waals surface area contributed by atoms with Crippen LogP contribution in [0.1, 0.15) is 13.8 Å². The topological polar surface area (TPSA) is 12.5 Å². The highest BCUT2D eigenvalue weighted by atomic mass is 35.7. The predicted octanol–water partition coefficient (Wildman–Crippen LogP) is 2.44. The maximum absolute atomic E-state index is 6.01. The van der Waals surface area contributed by atoms with Crippen LogP contribution in [0.15, 0.2) is 0 Å². The quantitative estimate of drug-likeness (QED) is 0.654. The minimum atomic E-state index is -2.07. The van der Waals surface area contributed by atoms with Crippen molar-refractivity contribution in [3.63, 3.8) is 0 Å². The molecule has 1 rings (SSSR count). The maximum atomic E-state index is 6.01. The van der Waals surface area contributed by atoms with Crippen LogP contribution >= 0.6 is 17.0 Å². The largest absolute Gasteiger partial charge is 0.325 e. The summed E-state index contributed by atoms with van der Waals surface area (Å²) in [6.07, 6.45) is 0. The van der Waals surface area contributed by atoms with Gasteiger partial charge in [0.1, 0.15) is 0 Å². The van der Waals surface area contributed by atoms with Gasteiger partial charge in [-0.2, -0.15) is 0 Å². The third kappa shape index (κ3) is 2.67. The fourth-order valence-electron chi connectivity index (χ4n) is 1.07. The van der Waals surface area contributed by atoms with Crippen molar-refractivity contribution in [1.82, 2.24) is 4.67 Å². The maximum Gasteiger partial charge on any atom is 0.222 e. The number of hydrogen-bond acceptors (Lipinski definition) is 2. The van der Waals surface area contributed by atoms with Crippen molar-refractivity contribution in [2.75, 3.05) is 19.7 Å². The van der Waals surface area contributed by atoms with E-state index in [0.717, 1.165) is 13.1 Å². The van der Waals surface area contributed by atoms with Gasteiger partial charge in [0.25, 0.3) is 0 Å². The van der Waals surface area contributed by atoms with Gasteiger partial charge < -0.3 is 4.52 Å². The molecular formula is C6H13ClNOPS. The van der Waals surface area contributed by atoms with Crippen molar-refractivity contribution in [2.45, 2.75) is 13.8 Å². The van der Waals surface area contributed by atoms with Gasteiger partial charge in [-0.25, -0.2) is 4.67 Å². The molecule has 1 heterocycles. The second-order valence-electron chi connectivity index (χ2n) is 3.09. The van der Waals surface area contributed by atoms with Crippen molar-refractivity contribution in [2.24, 2.45) is 5.92 Å². The van der Waals surface area contributed by atoms with Crippen LogP contribution < -0.4 is 0 Å². The van der Waals surface area contributed by atoms with E-state index in [4.69, 9.17) is 27.6 Å². The molecule has 5 heteroatoms. The number of hydrogen-bond donors (Lipinski definition) is 0. The van der Waals surface area contributed by atoms with E-state index in [1.165, 1.54) is 0 Å². The SMILES string of the molecule is CC(C)CN1CCOP1(=S)Cl. The molecule has 0 amide bonds. The van der Waals surface area contributed by atoms with Gasteiger partial charge in [-0.15, -0.1) is 0 Å². The van der Waals surface area contributed by atoms with Crippen LogP contribution in [0.25, 0.3) is 0 Å². The van der Waals surface area contributed by atoms with Gasteiger partial charge in [0, 0.05) is 13.1 Å². The van der Waals surface area contributed by atoms with Crippen LogP contribution in [-0.2, 0) is 16.3 Å². The molecule has 2 nitrogen and oxygen atoms in total. The average molecular weight is 214 g/mol. The Morgan fingerprint density at radius 1 is 1.73 bits per heavy atom. The first-order valence-electron chi connectivity index (χ1n) is 3.72. The third-order valence-corrected chi connectivity index (χ3v) is 5.00. The predicted molar refractivity (Wildman–Crippen MR) is 52.5 cm³/mol. The zero-order valence-corrected chi connectivity index (χ0v) is 9.25. The lowest BCUT2D eigenvalue weighted by molar-refractivity contribution is 0.382. The Kier molecular flexibility index (Phi) is 3.36. The third-order valence-electron chi connectivity index (χ3n) is 1.51. The molecule has 0 saturated carbocycles. The second-order valence-corrected chi connectivity index (χ2v) is 8.28. The fraction of sp³-hybridized carbons (Fsp3) is 1.00. The van der Waals surface area contributed by atoms with Gasteiger partial charge in [-0.3, -0.25) is 0 Å². The van der Waals surface area contributed by atoms with Crippen LogP contribution in [-0.4, -0.2) is 24.4 Å². The molecule has 0 aromatic rings. The zero-order chi connectivity index (χ0) is 8.48. The van der Waals surface area contributed by atoms with E-state index >= 15 is 0 Å². The van der Waals surface area contributed by atoms with E-state index in [9.17, 15) is 0 Å². The van der Waals surface area contributed by atoms with Crippen molar-refractivity contribution < 1.29 is 4.52 Å². The molecule has 0 N–H and O–H groups in total. The highest BCUT2D eigenvalue weighted by Gasteiger charge is 2.30. The van der Waals surface area contributed by atoms with Gasteiger partial charge in [0.15, 0.2) is 0 Å². The zero-order valence-electron chi connectivity index (χ0n) is 6.79. The molecule has 0 spiro atoms. The summed E-state index contributed by atoms with van der Waals surface area (Å²) in [6, 6.07) is 0. The van der Waals surface area contributed by atoms with Crippen molar-refractivity contribution in [3.8, 4) is 0 Å². The normalized spacial score (nSPS) is 33.5. The van der Waals surface area contributed by atoms with E-state index in [1.54, 1.807) is 0 Å². The first-order valence-corrected chi connectivity index (χ1v) is 7.30. The minimum absolute atomic E-state index is 0.609. The molecule has 0 radical (unpaired) electrons. The Morgan fingerprint density at radius 2 is 2.36 bits per heavy atom. The van der Waals surface area contributed by atoms with Crippen LogP contribution in [0.2, 0.25) is 0 Å². The second kappa shape index (κ2) is 3.71. The molecule has 0 aromatic heterocycles. The van der Waals surface area contributed by atoms with Crippen LogP contribution in [0.4, 0.5) is 0 Å². The first kappa shape index (κ1) is 9.94. The van der Waals surface area contributed by atoms with Crippen molar-refractivity contribution >= 4 is 28.8 Å². The summed E-state index contributed by atoms with van der Waals surface area (Å²) in [5, 5.41) is 0. The summed E-state index contributed by atoms with van der Waals surface area (Å²) in [6.45, 7) is 6.88. The number of rotatable bonds is 2. The fourth-order valence-corrected chi connectivity index (χ4v) is 3.67. The summed E-state index contributed by atoms with van der Waals surface area (Å²) >= 11 is 11.1.